The summed E-state index contributed by atoms with van der Waals surface area (Å²) >= 11 is 0. The first-order chi connectivity index (χ1) is 8.16. The van der Waals surface area contributed by atoms with Crippen molar-refractivity contribution < 1.29 is 14.6 Å². The summed E-state index contributed by atoms with van der Waals surface area (Å²) in [6.45, 7) is 6.08. The van der Waals surface area contributed by atoms with Crippen molar-refractivity contribution in [2.75, 3.05) is 33.0 Å². The lowest BCUT2D eigenvalue weighted by atomic mass is 9.83. The lowest BCUT2D eigenvalue weighted by molar-refractivity contribution is -0.0255. The molecule has 2 fully saturated rings. The molecule has 2 heterocycles. The molecule has 0 bridgehead atoms. The van der Waals surface area contributed by atoms with E-state index < -0.39 is 5.60 Å². The van der Waals surface area contributed by atoms with Gasteiger partial charge in [0.1, 0.15) is 0 Å². The molecule has 2 saturated heterocycles. The number of hydrogen-bond acceptors (Lipinski definition) is 4. The topological polar surface area (TPSA) is 50.7 Å². The first-order valence-electron chi connectivity index (χ1n) is 6.77. The van der Waals surface area contributed by atoms with Gasteiger partial charge in [0, 0.05) is 25.8 Å². The van der Waals surface area contributed by atoms with E-state index in [-0.39, 0.29) is 0 Å². The van der Waals surface area contributed by atoms with E-state index in [1.807, 2.05) is 6.92 Å². The fraction of sp³-hybridized carbons (Fsp3) is 1.00. The standard InChI is InChI=1S/C13H25NO3/c1-13(15,8-11-2-5-16-6-3-11)9-12-10-17-7-4-14-12/h11-12,14-15H,2-10H2,1H3. The summed E-state index contributed by atoms with van der Waals surface area (Å²) in [6.07, 6.45) is 3.84. The average molecular weight is 243 g/mol. The van der Waals surface area contributed by atoms with Crippen molar-refractivity contribution in [3.05, 3.63) is 0 Å². The molecule has 0 aromatic carbocycles. The smallest absolute Gasteiger partial charge is 0.0638 e. The molecule has 0 aliphatic carbocycles. The molecule has 4 nitrogen and oxygen atoms in total. The molecule has 0 saturated carbocycles. The van der Waals surface area contributed by atoms with Crippen LogP contribution in [0.4, 0.5) is 0 Å². The van der Waals surface area contributed by atoms with Crippen molar-refractivity contribution in [3.63, 3.8) is 0 Å². The van der Waals surface area contributed by atoms with Crippen LogP contribution in [0, 0.1) is 5.92 Å². The van der Waals surface area contributed by atoms with Gasteiger partial charge < -0.3 is 19.9 Å². The summed E-state index contributed by atoms with van der Waals surface area (Å²) in [5, 5.41) is 13.9. The summed E-state index contributed by atoms with van der Waals surface area (Å²) in [5.41, 5.74) is -0.583. The Balaban J connectivity index is 1.75. The van der Waals surface area contributed by atoms with E-state index in [1.165, 1.54) is 0 Å². The molecule has 17 heavy (non-hydrogen) atoms. The van der Waals surface area contributed by atoms with Gasteiger partial charge in [-0.3, -0.25) is 0 Å². The lowest BCUT2D eigenvalue weighted by Gasteiger charge is -2.35. The number of rotatable bonds is 4. The fourth-order valence-electron chi connectivity index (χ4n) is 2.94. The van der Waals surface area contributed by atoms with Gasteiger partial charge in [-0.2, -0.15) is 0 Å². The van der Waals surface area contributed by atoms with E-state index in [9.17, 15) is 5.11 Å². The fourth-order valence-corrected chi connectivity index (χ4v) is 2.94. The normalized spacial score (nSPS) is 31.1. The summed E-state index contributed by atoms with van der Waals surface area (Å²) in [5.74, 6) is 0.614. The van der Waals surface area contributed by atoms with Crippen LogP contribution >= 0.6 is 0 Å². The maximum atomic E-state index is 10.5. The first kappa shape index (κ1) is 13.3. The molecule has 0 aromatic heterocycles. The molecule has 0 aromatic rings. The van der Waals surface area contributed by atoms with E-state index >= 15 is 0 Å². The molecule has 2 aliphatic rings. The highest BCUT2D eigenvalue weighted by Crippen LogP contribution is 2.28. The van der Waals surface area contributed by atoms with Crippen LogP contribution in [0.2, 0.25) is 0 Å². The van der Waals surface area contributed by atoms with Crippen molar-refractivity contribution in [3.8, 4) is 0 Å². The van der Waals surface area contributed by atoms with E-state index in [4.69, 9.17) is 9.47 Å². The molecule has 2 N–H and O–H groups in total. The maximum absolute atomic E-state index is 10.5. The van der Waals surface area contributed by atoms with E-state index in [2.05, 4.69) is 5.32 Å². The van der Waals surface area contributed by atoms with Crippen molar-refractivity contribution in [1.82, 2.24) is 5.32 Å². The third-order valence-corrected chi connectivity index (χ3v) is 3.75. The predicted octanol–water partition coefficient (Wildman–Crippen LogP) is 0.933. The second-order valence-electron chi connectivity index (χ2n) is 5.69. The van der Waals surface area contributed by atoms with Crippen molar-refractivity contribution in [2.45, 2.75) is 44.2 Å². The Bertz CT molecular complexity index is 199. The highest BCUT2D eigenvalue weighted by molar-refractivity contribution is 4.84. The Kier molecular flexibility index (Phi) is 4.79. The lowest BCUT2D eigenvalue weighted by Crippen LogP contribution is -2.46. The zero-order chi connectivity index (χ0) is 12.1. The second kappa shape index (κ2) is 6.14. The average Bonchev–Trinajstić information content (AvgIpc) is 2.30. The number of ether oxygens (including phenoxy) is 2. The Morgan fingerprint density at radius 3 is 2.59 bits per heavy atom. The van der Waals surface area contributed by atoms with Gasteiger partial charge in [0.25, 0.3) is 0 Å². The molecule has 2 rings (SSSR count). The minimum absolute atomic E-state index is 0.304. The van der Waals surface area contributed by atoms with Crippen molar-refractivity contribution in [2.24, 2.45) is 5.92 Å². The predicted molar refractivity (Wildman–Crippen MR) is 66.0 cm³/mol. The Hall–Kier alpha value is -0.160. The van der Waals surface area contributed by atoms with Crippen LogP contribution in [0.25, 0.3) is 0 Å². The van der Waals surface area contributed by atoms with Gasteiger partial charge >= 0.3 is 0 Å². The maximum Gasteiger partial charge on any atom is 0.0638 e. The van der Waals surface area contributed by atoms with E-state index in [1.54, 1.807) is 0 Å². The van der Waals surface area contributed by atoms with Gasteiger partial charge in [-0.05, 0) is 38.5 Å². The molecule has 2 unspecified atom stereocenters. The number of nitrogens with one attached hydrogen (secondary N) is 1. The first-order valence-corrected chi connectivity index (χ1v) is 6.77. The van der Waals surface area contributed by atoms with Gasteiger partial charge in [-0.1, -0.05) is 0 Å². The summed E-state index contributed by atoms with van der Waals surface area (Å²) < 4.78 is 10.8. The number of hydrogen-bond donors (Lipinski definition) is 2. The quantitative estimate of drug-likeness (QED) is 0.771. The third kappa shape index (κ3) is 4.54. The highest BCUT2D eigenvalue weighted by atomic mass is 16.5. The molecule has 0 radical (unpaired) electrons. The largest absolute Gasteiger partial charge is 0.390 e. The SMILES string of the molecule is CC(O)(CC1CCOCC1)CC1COCCN1. The van der Waals surface area contributed by atoms with Crippen LogP contribution in [-0.2, 0) is 9.47 Å². The Labute approximate surface area is 104 Å². The van der Waals surface area contributed by atoms with Crippen LogP contribution in [0.5, 0.6) is 0 Å². The summed E-state index contributed by atoms with van der Waals surface area (Å²) in [4.78, 5) is 0. The van der Waals surface area contributed by atoms with Crippen LogP contribution in [0.15, 0.2) is 0 Å². The number of morpholine rings is 1. The van der Waals surface area contributed by atoms with Crippen LogP contribution in [-0.4, -0.2) is 49.7 Å². The molecule has 2 aliphatic heterocycles. The van der Waals surface area contributed by atoms with Crippen LogP contribution in [0.1, 0.15) is 32.6 Å². The molecular weight excluding hydrogens is 218 g/mol. The molecular formula is C13H25NO3. The van der Waals surface area contributed by atoms with Crippen molar-refractivity contribution in [1.29, 1.82) is 0 Å². The van der Waals surface area contributed by atoms with Gasteiger partial charge in [-0.15, -0.1) is 0 Å². The highest BCUT2D eigenvalue weighted by Gasteiger charge is 2.30. The minimum Gasteiger partial charge on any atom is -0.390 e. The van der Waals surface area contributed by atoms with Gasteiger partial charge in [0.15, 0.2) is 0 Å². The molecule has 0 spiro atoms. The summed E-state index contributed by atoms with van der Waals surface area (Å²) in [7, 11) is 0. The van der Waals surface area contributed by atoms with Crippen LogP contribution in [0.3, 0.4) is 0 Å². The molecule has 100 valence electrons. The summed E-state index contributed by atoms with van der Waals surface area (Å²) in [6, 6.07) is 0.304. The Morgan fingerprint density at radius 1 is 1.18 bits per heavy atom. The second-order valence-corrected chi connectivity index (χ2v) is 5.69. The number of aliphatic hydroxyl groups is 1. The van der Waals surface area contributed by atoms with E-state index in [0.29, 0.717) is 12.0 Å². The molecule has 0 amide bonds. The minimum atomic E-state index is -0.583. The van der Waals surface area contributed by atoms with Gasteiger partial charge in [0.2, 0.25) is 0 Å². The zero-order valence-corrected chi connectivity index (χ0v) is 10.8. The van der Waals surface area contributed by atoms with E-state index in [0.717, 1.165) is 58.7 Å². The third-order valence-electron chi connectivity index (χ3n) is 3.75. The van der Waals surface area contributed by atoms with Crippen LogP contribution < -0.4 is 5.32 Å². The Morgan fingerprint density at radius 2 is 1.94 bits per heavy atom. The van der Waals surface area contributed by atoms with Crippen molar-refractivity contribution >= 4 is 0 Å². The molecule has 4 heteroatoms. The van der Waals surface area contributed by atoms with Gasteiger partial charge in [-0.25, -0.2) is 0 Å². The van der Waals surface area contributed by atoms with Gasteiger partial charge in [0.05, 0.1) is 18.8 Å². The zero-order valence-electron chi connectivity index (χ0n) is 10.8. The molecule has 2 atom stereocenters. The monoisotopic (exact) mass is 243 g/mol.